The fourth-order valence-corrected chi connectivity index (χ4v) is 1.94. The minimum atomic E-state index is -0.264. The normalized spacial score (nSPS) is 20.1. The van der Waals surface area contributed by atoms with E-state index < -0.39 is 0 Å². The van der Waals surface area contributed by atoms with E-state index in [2.05, 4.69) is 6.92 Å². The van der Waals surface area contributed by atoms with Gasteiger partial charge in [0.1, 0.15) is 12.6 Å². The number of hydrogen-bond donors (Lipinski definition) is 2. The Morgan fingerprint density at radius 1 is 1.36 bits per heavy atom. The SMILES string of the molecule is CCCCOC[C@@H](O)C[NH+]1CCCC1. The van der Waals surface area contributed by atoms with E-state index >= 15 is 0 Å². The maximum atomic E-state index is 9.66. The number of hydrogen-bond acceptors (Lipinski definition) is 2. The molecule has 1 atom stereocenters. The van der Waals surface area contributed by atoms with Crippen molar-refractivity contribution in [1.82, 2.24) is 0 Å². The standard InChI is InChI=1S/C11H23NO2/c1-2-3-8-14-10-11(13)9-12-6-4-5-7-12/h11,13H,2-10H2,1H3/p+1/t11-/m0/s1. The van der Waals surface area contributed by atoms with Crippen molar-refractivity contribution in [1.29, 1.82) is 0 Å². The zero-order chi connectivity index (χ0) is 10.2. The summed E-state index contributed by atoms with van der Waals surface area (Å²) in [5.74, 6) is 0. The summed E-state index contributed by atoms with van der Waals surface area (Å²) >= 11 is 0. The maximum Gasteiger partial charge on any atom is 0.126 e. The number of ether oxygens (including phenoxy) is 1. The highest BCUT2D eigenvalue weighted by atomic mass is 16.5. The average molecular weight is 202 g/mol. The van der Waals surface area contributed by atoms with Gasteiger partial charge in [-0.25, -0.2) is 0 Å². The number of quaternary nitrogens is 1. The lowest BCUT2D eigenvalue weighted by molar-refractivity contribution is -0.890. The fraction of sp³-hybridized carbons (Fsp3) is 1.00. The molecule has 1 aliphatic heterocycles. The predicted octanol–water partition coefficient (Wildman–Crippen LogP) is -0.157. The van der Waals surface area contributed by atoms with E-state index in [1.807, 2.05) is 0 Å². The van der Waals surface area contributed by atoms with Gasteiger partial charge in [-0.3, -0.25) is 0 Å². The second kappa shape index (κ2) is 7.21. The van der Waals surface area contributed by atoms with Gasteiger partial charge in [-0.15, -0.1) is 0 Å². The van der Waals surface area contributed by atoms with Gasteiger partial charge < -0.3 is 14.7 Å². The Balaban J connectivity index is 1.95. The number of unbranched alkanes of at least 4 members (excludes halogenated alkanes) is 1. The Hall–Kier alpha value is -0.120. The molecule has 0 radical (unpaired) electrons. The molecular weight excluding hydrogens is 178 g/mol. The first-order valence-electron chi connectivity index (χ1n) is 5.92. The van der Waals surface area contributed by atoms with Crippen LogP contribution in [-0.2, 0) is 4.74 Å². The zero-order valence-electron chi connectivity index (χ0n) is 9.30. The van der Waals surface area contributed by atoms with Crippen molar-refractivity contribution in [2.24, 2.45) is 0 Å². The van der Waals surface area contributed by atoms with Gasteiger partial charge in [0.05, 0.1) is 19.7 Å². The number of likely N-dealkylation sites (tertiary alicyclic amines) is 1. The molecule has 0 aromatic heterocycles. The van der Waals surface area contributed by atoms with E-state index in [9.17, 15) is 5.11 Å². The second-order valence-electron chi connectivity index (χ2n) is 4.24. The molecule has 0 aromatic rings. The topological polar surface area (TPSA) is 33.9 Å². The predicted molar refractivity (Wildman–Crippen MR) is 56.5 cm³/mol. The van der Waals surface area contributed by atoms with E-state index in [1.165, 1.54) is 30.8 Å². The van der Waals surface area contributed by atoms with Crippen LogP contribution in [0.25, 0.3) is 0 Å². The van der Waals surface area contributed by atoms with Gasteiger partial charge in [0, 0.05) is 19.4 Å². The van der Waals surface area contributed by atoms with Crippen LogP contribution in [0.4, 0.5) is 0 Å². The van der Waals surface area contributed by atoms with E-state index in [4.69, 9.17) is 4.74 Å². The quantitative estimate of drug-likeness (QED) is 0.563. The van der Waals surface area contributed by atoms with Crippen LogP contribution in [0.5, 0.6) is 0 Å². The summed E-state index contributed by atoms with van der Waals surface area (Å²) in [7, 11) is 0. The summed E-state index contributed by atoms with van der Waals surface area (Å²) in [6, 6.07) is 0. The molecule has 14 heavy (non-hydrogen) atoms. The molecule has 1 aliphatic rings. The molecule has 0 bridgehead atoms. The Bertz CT molecular complexity index is 135. The minimum Gasteiger partial charge on any atom is -0.385 e. The van der Waals surface area contributed by atoms with Crippen LogP contribution in [0.3, 0.4) is 0 Å². The molecule has 1 rings (SSSR count). The van der Waals surface area contributed by atoms with Crippen molar-refractivity contribution >= 4 is 0 Å². The molecule has 3 nitrogen and oxygen atoms in total. The van der Waals surface area contributed by atoms with Crippen molar-refractivity contribution in [2.75, 3.05) is 32.8 Å². The van der Waals surface area contributed by atoms with Crippen LogP contribution in [0.1, 0.15) is 32.6 Å². The molecule has 3 heteroatoms. The van der Waals surface area contributed by atoms with Crippen LogP contribution < -0.4 is 4.90 Å². The second-order valence-corrected chi connectivity index (χ2v) is 4.24. The molecular formula is C11H24NO2+. The van der Waals surface area contributed by atoms with Gasteiger partial charge in [0.15, 0.2) is 0 Å². The molecule has 84 valence electrons. The van der Waals surface area contributed by atoms with Gasteiger partial charge >= 0.3 is 0 Å². The van der Waals surface area contributed by atoms with E-state index in [1.54, 1.807) is 0 Å². The average Bonchev–Trinajstić information content (AvgIpc) is 2.65. The van der Waals surface area contributed by atoms with E-state index in [0.29, 0.717) is 6.61 Å². The summed E-state index contributed by atoms with van der Waals surface area (Å²) in [4.78, 5) is 1.54. The largest absolute Gasteiger partial charge is 0.385 e. The van der Waals surface area contributed by atoms with Crippen LogP contribution >= 0.6 is 0 Å². The van der Waals surface area contributed by atoms with Gasteiger partial charge in [-0.05, 0) is 6.42 Å². The lowest BCUT2D eigenvalue weighted by atomic mass is 10.3. The molecule has 1 heterocycles. The zero-order valence-corrected chi connectivity index (χ0v) is 9.30. The maximum absolute atomic E-state index is 9.66. The number of aliphatic hydroxyl groups excluding tert-OH is 1. The summed E-state index contributed by atoms with van der Waals surface area (Å²) in [6.07, 6.45) is 4.63. The highest BCUT2D eigenvalue weighted by molar-refractivity contribution is 4.53. The lowest BCUT2D eigenvalue weighted by Crippen LogP contribution is -3.11. The molecule has 0 amide bonds. The highest BCUT2D eigenvalue weighted by Crippen LogP contribution is 1.91. The first kappa shape index (κ1) is 12.0. The van der Waals surface area contributed by atoms with Crippen LogP contribution in [0, 0.1) is 0 Å². The number of aliphatic hydroxyl groups is 1. The van der Waals surface area contributed by atoms with Crippen LogP contribution in [-0.4, -0.2) is 44.1 Å². The highest BCUT2D eigenvalue weighted by Gasteiger charge is 2.18. The summed E-state index contributed by atoms with van der Waals surface area (Å²) in [5, 5.41) is 9.66. The third kappa shape index (κ3) is 4.94. The molecule has 0 aliphatic carbocycles. The first-order valence-corrected chi connectivity index (χ1v) is 5.92. The Labute approximate surface area is 87.1 Å². The van der Waals surface area contributed by atoms with Crippen molar-refractivity contribution in [3.05, 3.63) is 0 Å². The summed E-state index contributed by atoms with van der Waals surface area (Å²) in [6.45, 7) is 6.78. The molecule has 1 fully saturated rings. The van der Waals surface area contributed by atoms with Gasteiger partial charge in [-0.2, -0.15) is 0 Å². The van der Waals surface area contributed by atoms with Crippen molar-refractivity contribution in [3.8, 4) is 0 Å². The first-order chi connectivity index (χ1) is 6.83. The number of rotatable bonds is 7. The van der Waals surface area contributed by atoms with Crippen molar-refractivity contribution in [3.63, 3.8) is 0 Å². The summed E-state index contributed by atoms with van der Waals surface area (Å²) in [5.41, 5.74) is 0. The smallest absolute Gasteiger partial charge is 0.126 e. The van der Waals surface area contributed by atoms with Crippen LogP contribution in [0.2, 0.25) is 0 Å². The third-order valence-corrected chi connectivity index (χ3v) is 2.79. The Morgan fingerprint density at radius 2 is 2.07 bits per heavy atom. The minimum absolute atomic E-state index is 0.264. The van der Waals surface area contributed by atoms with E-state index in [0.717, 1.165) is 26.0 Å². The molecule has 0 spiro atoms. The molecule has 1 saturated heterocycles. The Morgan fingerprint density at radius 3 is 2.71 bits per heavy atom. The fourth-order valence-electron chi connectivity index (χ4n) is 1.94. The van der Waals surface area contributed by atoms with Gasteiger partial charge in [-0.1, -0.05) is 13.3 Å². The third-order valence-electron chi connectivity index (χ3n) is 2.79. The lowest BCUT2D eigenvalue weighted by Gasteiger charge is -2.16. The number of nitrogens with one attached hydrogen (secondary N) is 1. The molecule has 0 unspecified atom stereocenters. The van der Waals surface area contributed by atoms with Gasteiger partial charge in [0.25, 0.3) is 0 Å². The Kier molecular flexibility index (Phi) is 6.15. The van der Waals surface area contributed by atoms with Crippen LogP contribution in [0.15, 0.2) is 0 Å². The van der Waals surface area contributed by atoms with E-state index in [-0.39, 0.29) is 6.10 Å². The molecule has 0 aromatic carbocycles. The van der Waals surface area contributed by atoms with Crippen molar-refractivity contribution in [2.45, 2.75) is 38.7 Å². The monoisotopic (exact) mass is 202 g/mol. The molecule has 2 N–H and O–H groups in total. The summed E-state index contributed by atoms with van der Waals surface area (Å²) < 4.78 is 5.38. The van der Waals surface area contributed by atoms with Crippen molar-refractivity contribution < 1.29 is 14.7 Å². The molecule has 0 saturated carbocycles. The van der Waals surface area contributed by atoms with Gasteiger partial charge in [0.2, 0.25) is 0 Å².